The maximum Gasteiger partial charge on any atom is 0.244 e. The molecule has 0 saturated carbocycles. The summed E-state index contributed by atoms with van der Waals surface area (Å²) in [4.78, 5) is 29.3. The molecule has 41 heavy (non-hydrogen) atoms. The molecule has 1 unspecified atom stereocenters. The van der Waals surface area contributed by atoms with E-state index < -0.39 is 28.5 Å². The topological polar surface area (TPSA) is 86.8 Å². The molecule has 9 heteroatoms. The highest BCUT2D eigenvalue weighted by Crippen LogP contribution is 2.29. The summed E-state index contributed by atoms with van der Waals surface area (Å²) in [6.45, 7) is 2.12. The molecule has 0 fully saturated rings. The maximum atomic E-state index is 14.2. The lowest BCUT2D eigenvalue weighted by molar-refractivity contribution is -0.140. The number of rotatable bonds is 12. The molecule has 4 rings (SSSR count). The molecule has 0 saturated heterocycles. The Hall–Kier alpha value is -3.69. The number of fused-ring (bicyclic) bond motifs is 1. The fourth-order valence-corrected chi connectivity index (χ4v) is 5.85. The van der Waals surface area contributed by atoms with Crippen LogP contribution in [-0.2, 0) is 32.6 Å². The molecule has 4 aromatic rings. The maximum absolute atomic E-state index is 14.2. The number of sulfonamides is 1. The van der Waals surface area contributed by atoms with Crippen LogP contribution in [0.15, 0.2) is 102 Å². The zero-order valence-corrected chi connectivity index (χ0v) is 25.6. The molecular weight excluding hydrogens is 602 g/mol. The molecule has 0 radical (unpaired) electrons. The number of hydrogen-bond acceptors (Lipinski definition) is 4. The zero-order valence-electron chi connectivity index (χ0n) is 23.2. The SMILES string of the molecule is CCCNC(=O)C(Cc1ccccc1)N(Cc1ccc(Br)cc1)C(=O)CN(c1cccc2ccccc12)S(C)(=O)=O. The van der Waals surface area contributed by atoms with Crippen molar-refractivity contribution in [3.05, 3.63) is 113 Å². The lowest BCUT2D eigenvalue weighted by Crippen LogP contribution is -2.53. The summed E-state index contributed by atoms with van der Waals surface area (Å²) in [6.07, 6.45) is 2.12. The second-order valence-electron chi connectivity index (χ2n) is 9.91. The van der Waals surface area contributed by atoms with E-state index in [-0.39, 0.29) is 18.9 Å². The van der Waals surface area contributed by atoms with Crippen molar-refractivity contribution in [2.24, 2.45) is 0 Å². The fourth-order valence-electron chi connectivity index (χ4n) is 4.73. The Labute approximate surface area is 250 Å². The van der Waals surface area contributed by atoms with E-state index in [1.165, 1.54) is 4.90 Å². The van der Waals surface area contributed by atoms with E-state index in [1.807, 2.05) is 91.9 Å². The number of halogens is 1. The summed E-state index contributed by atoms with van der Waals surface area (Å²) in [5, 5.41) is 4.53. The number of anilines is 1. The average molecular weight is 637 g/mol. The molecule has 7 nitrogen and oxygen atoms in total. The van der Waals surface area contributed by atoms with E-state index in [0.29, 0.717) is 17.6 Å². The highest BCUT2D eigenvalue weighted by molar-refractivity contribution is 9.10. The first-order chi connectivity index (χ1) is 19.7. The lowest BCUT2D eigenvalue weighted by Gasteiger charge is -2.33. The number of carbonyl (C=O) groups excluding carboxylic acids is 2. The first-order valence-corrected chi connectivity index (χ1v) is 16.1. The molecule has 2 amide bonds. The summed E-state index contributed by atoms with van der Waals surface area (Å²) in [7, 11) is -3.86. The van der Waals surface area contributed by atoms with Crippen molar-refractivity contribution in [1.29, 1.82) is 0 Å². The van der Waals surface area contributed by atoms with Gasteiger partial charge < -0.3 is 10.2 Å². The smallest absolute Gasteiger partial charge is 0.244 e. The van der Waals surface area contributed by atoms with Crippen LogP contribution >= 0.6 is 15.9 Å². The van der Waals surface area contributed by atoms with Crippen LogP contribution < -0.4 is 9.62 Å². The van der Waals surface area contributed by atoms with Crippen LogP contribution in [0, 0.1) is 0 Å². The minimum Gasteiger partial charge on any atom is -0.354 e. The van der Waals surface area contributed by atoms with E-state index in [4.69, 9.17) is 0 Å². The summed E-state index contributed by atoms with van der Waals surface area (Å²) < 4.78 is 28.3. The van der Waals surface area contributed by atoms with E-state index in [2.05, 4.69) is 21.2 Å². The van der Waals surface area contributed by atoms with Crippen molar-refractivity contribution in [3.63, 3.8) is 0 Å². The fraction of sp³-hybridized carbons (Fsp3) is 0.250. The van der Waals surface area contributed by atoms with Crippen molar-refractivity contribution in [1.82, 2.24) is 10.2 Å². The van der Waals surface area contributed by atoms with Crippen LogP contribution in [0.5, 0.6) is 0 Å². The van der Waals surface area contributed by atoms with Gasteiger partial charge in [0.05, 0.1) is 11.9 Å². The number of hydrogen-bond donors (Lipinski definition) is 1. The molecular formula is C32H34BrN3O4S. The molecule has 1 atom stereocenters. The van der Waals surface area contributed by atoms with Gasteiger partial charge in [0.15, 0.2) is 0 Å². The second-order valence-corrected chi connectivity index (χ2v) is 12.7. The van der Waals surface area contributed by atoms with Crippen molar-refractivity contribution in [2.75, 3.05) is 23.7 Å². The van der Waals surface area contributed by atoms with E-state index in [1.54, 1.807) is 12.1 Å². The Kier molecular flexibility index (Phi) is 10.2. The van der Waals surface area contributed by atoms with Gasteiger partial charge in [-0.25, -0.2) is 8.42 Å². The average Bonchev–Trinajstić information content (AvgIpc) is 2.97. The van der Waals surface area contributed by atoms with Crippen molar-refractivity contribution in [2.45, 2.75) is 32.4 Å². The summed E-state index contributed by atoms with van der Waals surface area (Å²) in [5.41, 5.74) is 2.13. The van der Waals surface area contributed by atoms with Gasteiger partial charge in [-0.1, -0.05) is 102 Å². The molecule has 0 aliphatic rings. The first kappa shape index (κ1) is 30.3. The lowest BCUT2D eigenvalue weighted by atomic mass is 10.0. The standard InChI is InChI=1S/C32H34BrN3O4S/c1-3-20-34-32(38)30(21-24-10-5-4-6-11-24)35(22-25-16-18-27(33)19-17-25)31(37)23-36(41(2,39)40)29-15-9-13-26-12-7-8-14-28(26)29/h4-19,30H,3,20-23H2,1-2H3,(H,34,38). The quantitative estimate of drug-likeness (QED) is 0.222. The van der Waals surface area contributed by atoms with Crippen molar-refractivity contribution < 1.29 is 18.0 Å². The van der Waals surface area contributed by atoms with E-state index >= 15 is 0 Å². The number of benzene rings is 4. The molecule has 0 aliphatic heterocycles. The predicted octanol–water partition coefficient (Wildman–Crippen LogP) is 5.53. The van der Waals surface area contributed by atoms with Crippen molar-refractivity contribution >= 4 is 54.2 Å². The van der Waals surface area contributed by atoms with Gasteiger partial charge in [0.25, 0.3) is 0 Å². The Balaban J connectivity index is 1.76. The highest BCUT2D eigenvalue weighted by atomic mass is 79.9. The zero-order chi connectivity index (χ0) is 29.4. The monoisotopic (exact) mass is 635 g/mol. The van der Waals surface area contributed by atoms with Crippen LogP contribution in [-0.4, -0.2) is 50.5 Å². The number of amides is 2. The van der Waals surface area contributed by atoms with E-state index in [9.17, 15) is 18.0 Å². The second kappa shape index (κ2) is 13.8. The van der Waals surface area contributed by atoms with Gasteiger partial charge in [0.1, 0.15) is 12.6 Å². The molecule has 1 N–H and O–H groups in total. The normalized spacial score (nSPS) is 12.1. The minimum absolute atomic E-state index is 0.135. The van der Waals surface area contributed by atoms with Crippen LogP contribution in [0.1, 0.15) is 24.5 Å². The van der Waals surface area contributed by atoms with Gasteiger partial charge >= 0.3 is 0 Å². The minimum atomic E-state index is -3.86. The third-order valence-corrected chi connectivity index (χ3v) is 8.46. The van der Waals surface area contributed by atoms with Gasteiger partial charge in [-0.3, -0.25) is 13.9 Å². The largest absolute Gasteiger partial charge is 0.354 e. The Bertz CT molecular complexity index is 1590. The molecule has 0 aliphatic carbocycles. The molecule has 0 spiro atoms. The van der Waals surface area contributed by atoms with Crippen LogP contribution in [0.25, 0.3) is 10.8 Å². The predicted molar refractivity (Wildman–Crippen MR) is 168 cm³/mol. The highest BCUT2D eigenvalue weighted by Gasteiger charge is 2.33. The molecule has 0 aromatic heterocycles. The summed E-state index contributed by atoms with van der Waals surface area (Å²) in [6, 6.07) is 29.0. The van der Waals surface area contributed by atoms with Gasteiger partial charge in [0, 0.05) is 29.4 Å². The Morgan fingerprint density at radius 2 is 1.51 bits per heavy atom. The third kappa shape index (κ3) is 7.95. The molecule has 0 bridgehead atoms. The Morgan fingerprint density at radius 1 is 0.854 bits per heavy atom. The third-order valence-electron chi connectivity index (χ3n) is 6.80. The molecule has 0 heterocycles. The number of nitrogens with one attached hydrogen (secondary N) is 1. The van der Waals surface area contributed by atoms with Crippen molar-refractivity contribution in [3.8, 4) is 0 Å². The first-order valence-electron chi connectivity index (χ1n) is 13.5. The number of nitrogens with zero attached hydrogens (tertiary/aromatic N) is 2. The van der Waals surface area contributed by atoms with Crippen LogP contribution in [0.4, 0.5) is 5.69 Å². The Morgan fingerprint density at radius 3 is 2.20 bits per heavy atom. The summed E-state index contributed by atoms with van der Waals surface area (Å²) >= 11 is 3.45. The van der Waals surface area contributed by atoms with Crippen LogP contribution in [0.3, 0.4) is 0 Å². The van der Waals surface area contributed by atoms with Gasteiger partial charge in [-0.2, -0.15) is 0 Å². The molecule has 214 valence electrons. The molecule has 4 aromatic carbocycles. The summed E-state index contributed by atoms with van der Waals surface area (Å²) in [5.74, 6) is -0.754. The van der Waals surface area contributed by atoms with E-state index in [0.717, 1.165) is 38.0 Å². The van der Waals surface area contributed by atoms with Gasteiger partial charge in [0.2, 0.25) is 21.8 Å². The van der Waals surface area contributed by atoms with Crippen LogP contribution in [0.2, 0.25) is 0 Å². The number of carbonyl (C=O) groups is 2. The van der Waals surface area contributed by atoms with Gasteiger partial charge in [-0.05, 0) is 41.1 Å². The van der Waals surface area contributed by atoms with Gasteiger partial charge in [-0.15, -0.1) is 0 Å².